The molecule has 3 rings (SSSR count). The Morgan fingerprint density at radius 3 is 2.40 bits per heavy atom. The van der Waals surface area contributed by atoms with Crippen molar-refractivity contribution in [1.82, 2.24) is 9.99 Å². The van der Waals surface area contributed by atoms with Gasteiger partial charge < -0.3 is 14.0 Å². The lowest BCUT2D eigenvalue weighted by Gasteiger charge is -2.11. The van der Waals surface area contributed by atoms with E-state index in [0.717, 1.165) is 22.6 Å². The molecule has 7 heteroatoms. The molecule has 0 aliphatic carbocycles. The quantitative estimate of drug-likeness (QED) is 0.386. The third-order valence-corrected chi connectivity index (χ3v) is 4.72. The maximum atomic E-state index is 12.2. The van der Waals surface area contributed by atoms with Crippen LogP contribution < -0.4 is 10.2 Å². The topological polar surface area (TPSA) is 81.9 Å². The Morgan fingerprint density at radius 2 is 1.73 bits per heavy atom. The first-order valence-electron chi connectivity index (χ1n) is 9.29. The van der Waals surface area contributed by atoms with Gasteiger partial charge in [0.25, 0.3) is 5.91 Å². The third kappa shape index (κ3) is 4.41. The molecule has 154 valence electrons. The molecular weight excluding hydrogens is 382 g/mol. The fourth-order valence-electron chi connectivity index (χ4n) is 3.17. The van der Waals surface area contributed by atoms with Gasteiger partial charge >= 0.3 is 5.97 Å². The summed E-state index contributed by atoms with van der Waals surface area (Å²) in [5.74, 6) is -0.0189. The number of hydrazone groups is 1. The van der Waals surface area contributed by atoms with Crippen LogP contribution in [0.5, 0.6) is 5.75 Å². The van der Waals surface area contributed by atoms with E-state index in [2.05, 4.69) is 10.5 Å². The highest BCUT2D eigenvalue weighted by atomic mass is 16.5. The molecule has 0 aliphatic heterocycles. The Kier molecular flexibility index (Phi) is 6.32. The van der Waals surface area contributed by atoms with Crippen molar-refractivity contribution in [2.24, 2.45) is 5.10 Å². The van der Waals surface area contributed by atoms with Crippen LogP contribution in [0, 0.1) is 13.8 Å². The smallest absolute Gasteiger partial charge is 0.337 e. The van der Waals surface area contributed by atoms with Gasteiger partial charge in [-0.2, -0.15) is 5.10 Å². The van der Waals surface area contributed by atoms with E-state index in [4.69, 9.17) is 9.47 Å². The van der Waals surface area contributed by atoms with Crippen LogP contribution in [0.25, 0.3) is 5.69 Å². The van der Waals surface area contributed by atoms with E-state index in [1.54, 1.807) is 49.7 Å². The predicted molar refractivity (Wildman–Crippen MR) is 115 cm³/mol. The number of methoxy groups -OCH3 is 2. The van der Waals surface area contributed by atoms with Crippen LogP contribution in [-0.4, -0.2) is 36.9 Å². The van der Waals surface area contributed by atoms with Gasteiger partial charge in [0.15, 0.2) is 0 Å². The van der Waals surface area contributed by atoms with E-state index in [0.29, 0.717) is 16.9 Å². The summed E-state index contributed by atoms with van der Waals surface area (Å²) >= 11 is 0. The maximum absolute atomic E-state index is 12.2. The molecule has 7 nitrogen and oxygen atoms in total. The number of carbonyl (C=O) groups excluding carboxylic acids is 2. The number of aryl methyl sites for hydroxylation is 1. The average molecular weight is 405 g/mol. The lowest BCUT2D eigenvalue weighted by atomic mass is 10.2. The van der Waals surface area contributed by atoms with Gasteiger partial charge in [0.1, 0.15) is 5.75 Å². The van der Waals surface area contributed by atoms with Crippen molar-refractivity contribution in [2.45, 2.75) is 13.8 Å². The molecule has 30 heavy (non-hydrogen) atoms. The highest BCUT2D eigenvalue weighted by molar-refractivity contribution is 5.95. The van der Waals surface area contributed by atoms with Crippen molar-refractivity contribution in [3.8, 4) is 11.4 Å². The molecule has 3 aromatic rings. The number of carbonyl (C=O) groups is 2. The average Bonchev–Trinajstić information content (AvgIpc) is 3.06. The Morgan fingerprint density at radius 1 is 1.00 bits per heavy atom. The predicted octanol–water partition coefficient (Wildman–Crippen LogP) is 3.65. The second-order valence-corrected chi connectivity index (χ2v) is 6.63. The first kappa shape index (κ1) is 20.9. The van der Waals surface area contributed by atoms with Crippen LogP contribution in [0.15, 0.2) is 59.7 Å². The summed E-state index contributed by atoms with van der Waals surface area (Å²) in [5, 5.41) is 4.09. The second kappa shape index (κ2) is 9.09. The van der Waals surface area contributed by atoms with Crippen molar-refractivity contribution in [3.05, 3.63) is 82.7 Å². The molecule has 0 atom stereocenters. The summed E-state index contributed by atoms with van der Waals surface area (Å²) < 4.78 is 11.9. The third-order valence-electron chi connectivity index (χ3n) is 4.72. The Hall–Kier alpha value is -3.87. The molecule has 0 unspecified atom stereocenters. The molecule has 0 spiro atoms. The van der Waals surface area contributed by atoms with Crippen LogP contribution in [0.2, 0.25) is 0 Å². The highest BCUT2D eigenvalue weighted by Gasteiger charge is 2.12. The van der Waals surface area contributed by atoms with E-state index in [1.807, 2.05) is 36.6 Å². The van der Waals surface area contributed by atoms with Gasteiger partial charge in [-0.25, -0.2) is 10.2 Å². The molecule has 0 fully saturated rings. The number of amides is 1. The first-order chi connectivity index (χ1) is 14.4. The number of ether oxygens (including phenoxy) is 2. The zero-order valence-corrected chi connectivity index (χ0v) is 17.3. The fourth-order valence-corrected chi connectivity index (χ4v) is 3.17. The molecular formula is C23H23N3O4. The van der Waals surface area contributed by atoms with Crippen molar-refractivity contribution in [3.63, 3.8) is 0 Å². The number of rotatable bonds is 6. The summed E-state index contributed by atoms with van der Waals surface area (Å²) in [4.78, 5) is 24.1. The van der Waals surface area contributed by atoms with Crippen LogP contribution >= 0.6 is 0 Å². The van der Waals surface area contributed by atoms with Crippen molar-refractivity contribution >= 4 is 18.1 Å². The zero-order chi connectivity index (χ0) is 21.7. The molecule has 1 heterocycles. The summed E-state index contributed by atoms with van der Waals surface area (Å²) in [6.07, 6.45) is 1.60. The largest absolute Gasteiger partial charge is 0.497 e. The molecule has 1 aromatic heterocycles. The van der Waals surface area contributed by atoms with E-state index in [1.165, 1.54) is 7.11 Å². The fraction of sp³-hybridized carbons (Fsp3) is 0.174. The molecule has 0 saturated heterocycles. The minimum atomic E-state index is -0.387. The van der Waals surface area contributed by atoms with Gasteiger partial charge in [-0.05, 0) is 62.4 Å². The molecule has 0 aliphatic rings. The first-order valence-corrected chi connectivity index (χ1v) is 9.29. The van der Waals surface area contributed by atoms with Crippen LogP contribution in [-0.2, 0) is 4.74 Å². The molecule has 2 aromatic carbocycles. The van der Waals surface area contributed by atoms with E-state index >= 15 is 0 Å². The van der Waals surface area contributed by atoms with Gasteiger partial charge in [-0.15, -0.1) is 0 Å². The molecule has 0 bridgehead atoms. The normalized spacial score (nSPS) is 10.8. The van der Waals surface area contributed by atoms with Gasteiger partial charge in [0, 0.05) is 28.2 Å². The van der Waals surface area contributed by atoms with Gasteiger partial charge in [0.05, 0.1) is 26.0 Å². The van der Waals surface area contributed by atoms with Crippen LogP contribution in [0.4, 0.5) is 0 Å². The lowest BCUT2D eigenvalue weighted by molar-refractivity contribution is 0.0600. The Balaban J connectivity index is 1.78. The Bertz CT molecular complexity index is 1100. The van der Waals surface area contributed by atoms with Crippen LogP contribution in [0.3, 0.4) is 0 Å². The Labute approximate surface area is 174 Å². The highest BCUT2D eigenvalue weighted by Crippen LogP contribution is 2.21. The summed E-state index contributed by atoms with van der Waals surface area (Å²) in [6, 6.07) is 15.9. The maximum Gasteiger partial charge on any atom is 0.337 e. The standard InChI is InChI=1S/C23H23N3O4/c1-15-12-19(14-24-25-22(27)17-8-10-21(29-3)11-9-17)16(2)26(15)20-7-5-6-18(13-20)23(28)30-4/h5-14H,1-4H3,(H,25,27)/b24-14-. The zero-order valence-electron chi connectivity index (χ0n) is 17.3. The molecule has 0 saturated carbocycles. The number of benzene rings is 2. The second-order valence-electron chi connectivity index (χ2n) is 6.63. The molecule has 1 N–H and O–H groups in total. The van der Waals surface area contributed by atoms with Crippen molar-refractivity contribution < 1.29 is 19.1 Å². The van der Waals surface area contributed by atoms with E-state index < -0.39 is 0 Å². The SMILES string of the molecule is COC(=O)c1cccc(-n2c(C)cc(/C=N\NC(=O)c3ccc(OC)cc3)c2C)c1. The summed E-state index contributed by atoms with van der Waals surface area (Å²) in [6.45, 7) is 3.91. The van der Waals surface area contributed by atoms with Gasteiger partial charge in [0.2, 0.25) is 0 Å². The number of esters is 1. The van der Waals surface area contributed by atoms with Gasteiger partial charge in [-0.1, -0.05) is 6.07 Å². The molecule has 1 amide bonds. The number of nitrogens with zero attached hydrogens (tertiary/aromatic N) is 2. The van der Waals surface area contributed by atoms with E-state index in [-0.39, 0.29) is 11.9 Å². The van der Waals surface area contributed by atoms with Crippen LogP contribution in [0.1, 0.15) is 37.7 Å². The van der Waals surface area contributed by atoms with Gasteiger partial charge in [-0.3, -0.25) is 4.79 Å². The number of hydrogen-bond donors (Lipinski definition) is 1. The summed E-state index contributed by atoms with van der Waals surface area (Å²) in [5.41, 5.74) is 7.08. The monoisotopic (exact) mass is 405 g/mol. The minimum Gasteiger partial charge on any atom is -0.497 e. The minimum absolute atomic E-state index is 0.312. The van der Waals surface area contributed by atoms with Crippen molar-refractivity contribution in [1.29, 1.82) is 0 Å². The van der Waals surface area contributed by atoms with Crippen molar-refractivity contribution in [2.75, 3.05) is 14.2 Å². The number of hydrogen-bond acceptors (Lipinski definition) is 5. The number of nitrogens with one attached hydrogen (secondary N) is 1. The number of aromatic nitrogens is 1. The summed E-state index contributed by atoms with van der Waals surface area (Å²) in [7, 11) is 2.93. The lowest BCUT2D eigenvalue weighted by Crippen LogP contribution is -2.17. The molecule has 0 radical (unpaired) electrons. The van der Waals surface area contributed by atoms with E-state index in [9.17, 15) is 9.59 Å².